The fraction of sp³-hybridized carbons (Fsp3) is 0.368. The summed E-state index contributed by atoms with van der Waals surface area (Å²) in [5.74, 6) is -1.43. The van der Waals surface area contributed by atoms with Crippen LogP contribution in [0.2, 0.25) is 0 Å². The molecule has 0 spiro atoms. The molecular formula is C19H18F3N3O4. The first-order valence-corrected chi connectivity index (χ1v) is 8.88. The van der Waals surface area contributed by atoms with Gasteiger partial charge in [0.25, 0.3) is 0 Å². The normalized spacial score (nSPS) is 18.6. The van der Waals surface area contributed by atoms with Crippen molar-refractivity contribution in [2.24, 2.45) is 11.8 Å². The quantitative estimate of drug-likeness (QED) is 0.728. The van der Waals surface area contributed by atoms with E-state index in [2.05, 4.69) is 20.3 Å². The van der Waals surface area contributed by atoms with Gasteiger partial charge in [0, 0.05) is 0 Å². The van der Waals surface area contributed by atoms with Crippen LogP contribution in [0.15, 0.2) is 36.4 Å². The van der Waals surface area contributed by atoms with Gasteiger partial charge in [-0.25, -0.2) is 0 Å². The van der Waals surface area contributed by atoms with E-state index < -0.39 is 24.0 Å². The zero-order chi connectivity index (χ0) is 21.0. The van der Waals surface area contributed by atoms with Gasteiger partial charge in [-0.2, -0.15) is 5.10 Å². The molecular weight excluding hydrogens is 391 g/mol. The van der Waals surface area contributed by atoms with Crippen molar-refractivity contribution in [1.29, 1.82) is 0 Å². The number of anilines is 1. The molecule has 0 radical (unpaired) electrons. The number of aliphatic carboxylic acids is 1. The first-order valence-electron chi connectivity index (χ1n) is 8.88. The Morgan fingerprint density at radius 2 is 1.93 bits per heavy atom. The second kappa shape index (κ2) is 8.46. The van der Waals surface area contributed by atoms with Gasteiger partial charge in [-0.05, 0) is 55.0 Å². The number of carboxylic acids is 1. The molecule has 3 rings (SSSR count). The first-order chi connectivity index (χ1) is 13.7. The number of alkyl halides is 3. The molecule has 2 aromatic rings. The highest BCUT2D eigenvalue weighted by atomic mass is 19.4. The molecule has 1 saturated carbocycles. The maximum Gasteiger partial charge on any atom is 0.573 e. The molecule has 1 aromatic carbocycles. The van der Waals surface area contributed by atoms with Crippen LogP contribution in [0.1, 0.15) is 24.1 Å². The molecule has 1 amide bonds. The molecule has 1 heterocycles. The highest BCUT2D eigenvalue weighted by Gasteiger charge is 2.34. The lowest BCUT2D eigenvalue weighted by molar-refractivity contribution is -0.274. The number of carbonyl (C=O) groups excluding carboxylic acids is 1. The molecule has 154 valence electrons. The Kier molecular flexibility index (Phi) is 6.00. The molecule has 0 bridgehead atoms. The molecule has 0 saturated heterocycles. The Morgan fingerprint density at radius 3 is 2.55 bits per heavy atom. The SMILES string of the molecule is O=C(Cc1cccc(OC(F)(F)F)c1)Nc1ccc(CC2CC(C(=O)O)C2)nn1. The van der Waals surface area contributed by atoms with Crippen LogP contribution >= 0.6 is 0 Å². The predicted molar refractivity (Wildman–Crippen MR) is 95.0 cm³/mol. The van der Waals surface area contributed by atoms with Crippen LogP contribution in [-0.2, 0) is 22.4 Å². The molecule has 29 heavy (non-hydrogen) atoms. The van der Waals surface area contributed by atoms with Gasteiger partial charge in [-0.15, -0.1) is 18.3 Å². The Hall–Kier alpha value is -3.17. The van der Waals surface area contributed by atoms with Crippen LogP contribution in [0, 0.1) is 11.8 Å². The van der Waals surface area contributed by atoms with E-state index in [0.29, 0.717) is 30.5 Å². The van der Waals surface area contributed by atoms with Gasteiger partial charge in [0.2, 0.25) is 5.91 Å². The molecule has 1 fully saturated rings. The van der Waals surface area contributed by atoms with E-state index in [-0.39, 0.29) is 24.1 Å². The summed E-state index contributed by atoms with van der Waals surface area (Å²) < 4.78 is 40.7. The minimum atomic E-state index is -4.80. The highest BCUT2D eigenvalue weighted by molar-refractivity contribution is 5.91. The van der Waals surface area contributed by atoms with Gasteiger partial charge in [-0.3, -0.25) is 9.59 Å². The number of rotatable bonds is 7. The number of nitrogens with one attached hydrogen (secondary N) is 1. The predicted octanol–water partition coefficient (Wildman–Crippen LogP) is 3.21. The van der Waals surface area contributed by atoms with E-state index in [0.717, 1.165) is 12.1 Å². The third-order valence-electron chi connectivity index (χ3n) is 4.57. The average Bonchev–Trinajstić information content (AvgIpc) is 2.57. The molecule has 1 aliphatic rings. The van der Waals surface area contributed by atoms with Crippen LogP contribution in [0.5, 0.6) is 5.75 Å². The third-order valence-corrected chi connectivity index (χ3v) is 4.57. The number of benzene rings is 1. The first kappa shape index (κ1) is 20.6. The minimum Gasteiger partial charge on any atom is -0.481 e. The van der Waals surface area contributed by atoms with Crippen molar-refractivity contribution in [1.82, 2.24) is 10.2 Å². The molecule has 1 aliphatic carbocycles. The topological polar surface area (TPSA) is 101 Å². The lowest BCUT2D eigenvalue weighted by Crippen LogP contribution is -2.31. The van der Waals surface area contributed by atoms with E-state index in [4.69, 9.17) is 5.11 Å². The number of hydrogen-bond donors (Lipinski definition) is 2. The van der Waals surface area contributed by atoms with E-state index in [1.54, 1.807) is 12.1 Å². The summed E-state index contributed by atoms with van der Waals surface area (Å²) >= 11 is 0. The van der Waals surface area contributed by atoms with Gasteiger partial charge < -0.3 is 15.2 Å². The van der Waals surface area contributed by atoms with Crippen molar-refractivity contribution in [3.63, 3.8) is 0 Å². The Balaban J connectivity index is 1.50. The number of amides is 1. The molecule has 0 aliphatic heterocycles. The lowest BCUT2D eigenvalue weighted by Gasteiger charge is -2.31. The molecule has 7 nitrogen and oxygen atoms in total. The van der Waals surface area contributed by atoms with Gasteiger partial charge >= 0.3 is 12.3 Å². The number of ether oxygens (including phenoxy) is 1. The van der Waals surface area contributed by atoms with Crippen molar-refractivity contribution in [3.8, 4) is 5.75 Å². The number of carboxylic acid groups (broad SMARTS) is 1. The molecule has 0 unspecified atom stereocenters. The van der Waals surface area contributed by atoms with Crippen molar-refractivity contribution in [3.05, 3.63) is 47.7 Å². The van der Waals surface area contributed by atoms with Gasteiger partial charge in [0.15, 0.2) is 5.82 Å². The zero-order valence-electron chi connectivity index (χ0n) is 15.1. The van der Waals surface area contributed by atoms with E-state index in [9.17, 15) is 22.8 Å². The van der Waals surface area contributed by atoms with Crippen molar-refractivity contribution in [2.75, 3.05) is 5.32 Å². The maximum absolute atomic E-state index is 12.3. The fourth-order valence-corrected chi connectivity index (χ4v) is 3.16. The highest BCUT2D eigenvalue weighted by Crippen LogP contribution is 2.35. The van der Waals surface area contributed by atoms with Crippen LogP contribution in [0.4, 0.5) is 19.0 Å². The monoisotopic (exact) mass is 409 g/mol. The van der Waals surface area contributed by atoms with Crippen molar-refractivity contribution in [2.45, 2.75) is 32.0 Å². The standard InChI is InChI=1S/C19H18F3N3O4/c20-19(21,22)29-15-3-1-2-11(9-15)10-17(26)23-16-5-4-14(24-25-16)8-12-6-13(7-12)18(27)28/h1-5,9,12-13H,6-8,10H2,(H,27,28)(H,23,25,26). The fourth-order valence-electron chi connectivity index (χ4n) is 3.16. The Morgan fingerprint density at radius 1 is 1.17 bits per heavy atom. The zero-order valence-corrected chi connectivity index (χ0v) is 15.1. The van der Waals surface area contributed by atoms with E-state index in [1.807, 2.05) is 0 Å². The van der Waals surface area contributed by atoms with Crippen molar-refractivity contribution >= 4 is 17.7 Å². The third kappa shape index (κ3) is 6.16. The van der Waals surface area contributed by atoms with Crippen LogP contribution < -0.4 is 10.1 Å². The largest absolute Gasteiger partial charge is 0.573 e. The van der Waals surface area contributed by atoms with E-state index in [1.165, 1.54) is 12.1 Å². The summed E-state index contributed by atoms with van der Waals surface area (Å²) in [4.78, 5) is 22.9. The van der Waals surface area contributed by atoms with Crippen LogP contribution in [0.25, 0.3) is 0 Å². The van der Waals surface area contributed by atoms with Gasteiger partial charge in [0.05, 0.1) is 18.0 Å². The Labute approximate surface area is 163 Å². The number of hydrogen-bond acceptors (Lipinski definition) is 5. The minimum absolute atomic E-state index is 0.156. The number of nitrogens with zero attached hydrogens (tertiary/aromatic N) is 2. The summed E-state index contributed by atoms with van der Waals surface area (Å²) in [7, 11) is 0. The number of halogens is 3. The molecule has 2 N–H and O–H groups in total. The average molecular weight is 409 g/mol. The summed E-state index contributed by atoms with van der Waals surface area (Å²) in [6.07, 6.45) is -3.10. The van der Waals surface area contributed by atoms with Crippen molar-refractivity contribution < 1.29 is 32.6 Å². The summed E-state index contributed by atoms with van der Waals surface area (Å²) in [6, 6.07) is 8.46. The van der Waals surface area contributed by atoms with Gasteiger partial charge in [-0.1, -0.05) is 12.1 Å². The Bertz CT molecular complexity index is 881. The number of aromatic nitrogens is 2. The second-order valence-electron chi connectivity index (χ2n) is 6.91. The van der Waals surface area contributed by atoms with Crippen LogP contribution in [-0.4, -0.2) is 33.5 Å². The second-order valence-corrected chi connectivity index (χ2v) is 6.91. The van der Waals surface area contributed by atoms with Crippen LogP contribution in [0.3, 0.4) is 0 Å². The molecule has 10 heteroatoms. The maximum atomic E-state index is 12.3. The molecule has 1 aromatic heterocycles. The summed E-state index contributed by atoms with van der Waals surface area (Å²) in [6.45, 7) is 0. The lowest BCUT2D eigenvalue weighted by atomic mass is 9.73. The van der Waals surface area contributed by atoms with Gasteiger partial charge in [0.1, 0.15) is 5.75 Å². The summed E-state index contributed by atoms with van der Waals surface area (Å²) in [5.41, 5.74) is 1.06. The van der Waals surface area contributed by atoms with E-state index >= 15 is 0 Å². The number of carbonyl (C=O) groups is 2. The molecule has 0 atom stereocenters. The summed E-state index contributed by atoms with van der Waals surface area (Å²) in [5, 5.41) is 19.4. The smallest absolute Gasteiger partial charge is 0.481 e.